The van der Waals surface area contributed by atoms with E-state index >= 15 is 0 Å². The highest BCUT2D eigenvalue weighted by Gasteiger charge is 2.60. The number of hydrogen-bond acceptors (Lipinski definition) is 8. The number of carboxylic acid groups (broad SMARTS) is 1. The van der Waals surface area contributed by atoms with Crippen molar-refractivity contribution in [3.63, 3.8) is 0 Å². The minimum absolute atomic E-state index is 0.0104. The van der Waals surface area contributed by atoms with Crippen molar-refractivity contribution >= 4 is 47.2 Å². The van der Waals surface area contributed by atoms with Crippen molar-refractivity contribution in [3.05, 3.63) is 70.3 Å². The summed E-state index contributed by atoms with van der Waals surface area (Å²) in [5.74, 6) is -2.60. The normalized spacial score (nSPS) is 26.1. The number of amides is 2. The number of nitrogens with zero attached hydrogens (tertiary/aromatic N) is 3. The van der Waals surface area contributed by atoms with Crippen LogP contribution in [-0.4, -0.2) is 88.2 Å². The van der Waals surface area contributed by atoms with Crippen LogP contribution >= 0.6 is 11.8 Å². The number of aliphatic hydroxyl groups excluding tert-OH is 1. The highest BCUT2D eigenvalue weighted by atomic mass is 32.2. The first-order valence-corrected chi connectivity index (χ1v) is 14.9. The van der Waals surface area contributed by atoms with Crippen LogP contribution in [0.15, 0.2) is 59.1 Å². The molecule has 0 bridgehead atoms. The third kappa shape index (κ3) is 5.56. The third-order valence-corrected chi connectivity index (χ3v) is 9.90. The highest BCUT2D eigenvalue weighted by molar-refractivity contribution is 8.03. The van der Waals surface area contributed by atoms with E-state index in [1.165, 1.54) is 16.7 Å². The van der Waals surface area contributed by atoms with E-state index in [9.17, 15) is 29.4 Å². The summed E-state index contributed by atoms with van der Waals surface area (Å²) in [7, 11) is 3.95. The molecule has 42 heavy (non-hydrogen) atoms. The van der Waals surface area contributed by atoms with E-state index in [0.29, 0.717) is 35.7 Å². The number of nitrogens with one attached hydrogen (secondary N) is 1. The van der Waals surface area contributed by atoms with Gasteiger partial charge in [0.1, 0.15) is 12.0 Å². The van der Waals surface area contributed by atoms with Gasteiger partial charge in [0.2, 0.25) is 11.8 Å². The van der Waals surface area contributed by atoms with Gasteiger partial charge < -0.3 is 25.3 Å². The summed E-state index contributed by atoms with van der Waals surface area (Å²) in [5, 5.41) is 23.1. The maximum absolute atomic E-state index is 13.6. The predicted octanol–water partition coefficient (Wildman–Crippen LogP) is 3.03. The monoisotopic (exact) mass is 592 g/mol. The second kappa shape index (κ2) is 11.9. The molecule has 2 amide bonds. The molecule has 11 heteroatoms. The summed E-state index contributed by atoms with van der Waals surface area (Å²) in [6.07, 6.45) is 0.335. The fourth-order valence-corrected chi connectivity index (χ4v) is 7.86. The Morgan fingerprint density at radius 1 is 1.19 bits per heavy atom. The number of benzene rings is 2. The Hall–Kier alpha value is -3.67. The molecule has 0 spiro atoms. The molecule has 0 unspecified atom stereocenters. The quantitative estimate of drug-likeness (QED) is 0.282. The zero-order valence-electron chi connectivity index (χ0n) is 24.1. The molecule has 3 heterocycles. The topological polar surface area (TPSA) is 130 Å². The minimum Gasteiger partial charge on any atom is -0.477 e. The number of β-lactam (4-membered cyclic amide) rings is 1. The van der Waals surface area contributed by atoms with E-state index < -0.39 is 24.0 Å². The highest BCUT2D eigenvalue weighted by Crippen LogP contribution is 2.52. The Bertz CT molecular complexity index is 1420. The third-order valence-electron chi connectivity index (χ3n) is 8.40. The van der Waals surface area contributed by atoms with E-state index in [1.54, 1.807) is 31.2 Å². The first-order chi connectivity index (χ1) is 20.0. The van der Waals surface area contributed by atoms with Crippen LogP contribution in [0.25, 0.3) is 0 Å². The van der Waals surface area contributed by atoms with Crippen molar-refractivity contribution in [3.8, 4) is 0 Å². The largest absolute Gasteiger partial charge is 0.477 e. The number of rotatable bonds is 10. The lowest BCUT2D eigenvalue weighted by molar-refractivity contribution is -0.163. The maximum Gasteiger partial charge on any atom is 0.353 e. The maximum atomic E-state index is 13.6. The smallest absolute Gasteiger partial charge is 0.353 e. The average Bonchev–Trinajstić information content (AvgIpc) is 3.45. The van der Waals surface area contributed by atoms with Crippen LogP contribution < -0.4 is 10.2 Å². The van der Waals surface area contributed by atoms with E-state index in [-0.39, 0.29) is 34.7 Å². The number of carbonyl (C=O) groups excluding carboxylic acids is 3. The summed E-state index contributed by atoms with van der Waals surface area (Å²) in [6, 6.07) is 14.0. The molecule has 0 aromatic heterocycles. The zero-order chi connectivity index (χ0) is 30.3. The van der Waals surface area contributed by atoms with Crippen LogP contribution in [0.4, 0.5) is 11.4 Å². The van der Waals surface area contributed by atoms with Gasteiger partial charge in [-0.3, -0.25) is 19.3 Å². The van der Waals surface area contributed by atoms with Crippen LogP contribution in [0, 0.1) is 11.8 Å². The molecule has 3 aliphatic rings. The lowest BCUT2D eigenvalue weighted by Gasteiger charge is -2.46. The van der Waals surface area contributed by atoms with Crippen LogP contribution in [0.5, 0.6) is 0 Å². The molecule has 222 valence electrons. The van der Waals surface area contributed by atoms with Gasteiger partial charge in [-0.05, 0) is 43.2 Å². The second-order valence-electron chi connectivity index (χ2n) is 11.5. The van der Waals surface area contributed by atoms with Gasteiger partial charge in [-0.2, -0.15) is 0 Å². The minimum atomic E-state index is -1.16. The van der Waals surface area contributed by atoms with Crippen LogP contribution in [0.3, 0.4) is 0 Å². The number of aliphatic carboxylic acids is 1. The van der Waals surface area contributed by atoms with Crippen LogP contribution in [0.1, 0.15) is 36.2 Å². The summed E-state index contributed by atoms with van der Waals surface area (Å²) in [6.45, 7) is 4.52. The number of anilines is 2. The Labute approximate surface area is 249 Å². The van der Waals surface area contributed by atoms with Crippen molar-refractivity contribution in [1.29, 1.82) is 0 Å². The predicted molar refractivity (Wildman–Crippen MR) is 161 cm³/mol. The van der Waals surface area contributed by atoms with E-state index in [2.05, 4.69) is 10.2 Å². The van der Waals surface area contributed by atoms with Gasteiger partial charge in [-0.15, -0.1) is 11.8 Å². The molecule has 0 saturated carbocycles. The first kappa shape index (κ1) is 29.8. The SMILES string of the molecule is C[C@@H](O)[C@H]1C(=O)N2C(C(=O)O)=C(S[C@H]3C[C@@H](C(=O)Nc4cccc(C=O)c4)N(Cc4ccc(N(C)C)cc4)C3)[C@H](C)[C@H]12. The van der Waals surface area contributed by atoms with Gasteiger partial charge in [-0.25, -0.2) is 4.79 Å². The Morgan fingerprint density at radius 2 is 1.90 bits per heavy atom. The van der Waals surface area contributed by atoms with Gasteiger partial charge in [0, 0.05) is 60.2 Å². The van der Waals surface area contributed by atoms with Gasteiger partial charge in [0.25, 0.3) is 0 Å². The molecule has 2 saturated heterocycles. The number of carboxylic acids is 1. The number of aliphatic hydroxyl groups is 1. The fourth-order valence-electron chi connectivity index (χ4n) is 6.30. The molecule has 0 radical (unpaired) electrons. The van der Waals surface area contributed by atoms with Crippen molar-refractivity contribution < 1.29 is 29.4 Å². The average molecular weight is 593 g/mol. The molecule has 2 aromatic carbocycles. The Balaban J connectivity index is 1.39. The van der Waals surface area contributed by atoms with Crippen LogP contribution in [-0.2, 0) is 20.9 Å². The molecule has 2 aromatic rings. The molecule has 2 fully saturated rings. The van der Waals surface area contributed by atoms with Gasteiger partial charge in [0.15, 0.2) is 0 Å². The standard InChI is InChI=1S/C31H36N4O6S/c1-17-26-25(18(2)37)30(39)35(26)27(31(40)41)28(17)42-23-13-24(29(38)32-21-7-5-6-20(12-21)16-36)34(15-23)14-19-8-10-22(11-9-19)33(3)4/h5-12,16-18,23-26,37H,13-15H2,1-4H3,(H,32,38)(H,40,41)/t17-,18-,23+,24+,25-,26-/m1/s1. The molecule has 6 atom stereocenters. The first-order valence-electron chi connectivity index (χ1n) is 14.0. The zero-order valence-corrected chi connectivity index (χ0v) is 24.9. The summed E-state index contributed by atoms with van der Waals surface area (Å²) in [4.78, 5) is 56.0. The fraction of sp³-hybridized carbons (Fsp3) is 0.419. The van der Waals surface area contributed by atoms with Crippen LogP contribution in [0.2, 0.25) is 0 Å². The van der Waals surface area contributed by atoms with Crippen molar-refractivity contribution in [2.45, 2.75) is 50.3 Å². The number of fused-ring (bicyclic) bond motifs is 1. The van der Waals surface area contributed by atoms with E-state index in [0.717, 1.165) is 17.5 Å². The molecule has 10 nitrogen and oxygen atoms in total. The molecule has 5 rings (SSSR count). The molecule has 3 N–H and O–H groups in total. The van der Waals surface area contributed by atoms with Crippen molar-refractivity contribution in [2.75, 3.05) is 30.9 Å². The van der Waals surface area contributed by atoms with Crippen molar-refractivity contribution in [2.24, 2.45) is 11.8 Å². The number of likely N-dealkylation sites (tertiary alicyclic amines) is 1. The number of carbonyl (C=O) groups is 4. The molecular formula is C31H36N4O6S. The Morgan fingerprint density at radius 3 is 2.52 bits per heavy atom. The van der Waals surface area contributed by atoms with Gasteiger partial charge >= 0.3 is 5.97 Å². The summed E-state index contributed by atoms with van der Waals surface area (Å²) in [5.41, 5.74) is 3.09. The number of aldehydes is 1. The van der Waals surface area contributed by atoms with E-state index in [1.807, 2.05) is 50.2 Å². The number of hydrogen-bond donors (Lipinski definition) is 3. The van der Waals surface area contributed by atoms with Gasteiger partial charge in [-0.1, -0.05) is 31.2 Å². The van der Waals surface area contributed by atoms with Crippen molar-refractivity contribution in [1.82, 2.24) is 9.80 Å². The summed E-state index contributed by atoms with van der Waals surface area (Å²) < 4.78 is 0. The van der Waals surface area contributed by atoms with Gasteiger partial charge in [0.05, 0.1) is 24.1 Å². The lowest BCUT2D eigenvalue weighted by atomic mass is 9.79. The number of thioether (sulfide) groups is 1. The second-order valence-corrected chi connectivity index (χ2v) is 12.8. The van der Waals surface area contributed by atoms with E-state index in [4.69, 9.17) is 0 Å². The molecule has 3 aliphatic heterocycles. The summed E-state index contributed by atoms with van der Waals surface area (Å²) >= 11 is 1.43. The Kier molecular flexibility index (Phi) is 8.45. The molecule has 0 aliphatic carbocycles. The lowest BCUT2D eigenvalue weighted by Crippen LogP contribution is -2.63. The molecular weight excluding hydrogens is 556 g/mol.